The molecule has 0 bridgehead atoms. The summed E-state index contributed by atoms with van der Waals surface area (Å²) in [6.45, 7) is 3.14. The highest BCUT2D eigenvalue weighted by atomic mass is 32.1. The average Bonchev–Trinajstić information content (AvgIpc) is 2.86. The molecule has 0 radical (unpaired) electrons. The summed E-state index contributed by atoms with van der Waals surface area (Å²) in [5, 5.41) is 8.36. The monoisotopic (exact) mass is 268 g/mol. The number of hydrogen-bond acceptors (Lipinski definition) is 7. The SMILES string of the molecule is CC(=O)c1csc(NC(=O)c2snnc2C)n1. The van der Waals surface area contributed by atoms with Gasteiger partial charge in [0.25, 0.3) is 5.91 Å². The zero-order chi connectivity index (χ0) is 12.4. The predicted molar refractivity (Wildman–Crippen MR) is 64.7 cm³/mol. The molecule has 0 aliphatic heterocycles. The molecule has 0 aromatic carbocycles. The fourth-order valence-corrected chi connectivity index (χ4v) is 2.38. The third-order valence-electron chi connectivity index (χ3n) is 1.94. The van der Waals surface area contributed by atoms with E-state index in [-0.39, 0.29) is 11.7 Å². The number of hydrogen-bond donors (Lipinski definition) is 1. The van der Waals surface area contributed by atoms with E-state index < -0.39 is 0 Å². The number of nitrogens with zero attached hydrogens (tertiary/aromatic N) is 3. The Labute approximate surface area is 105 Å². The van der Waals surface area contributed by atoms with Crippen molar-refractivity contribution in [1.82, 2.24) is 14.6 Å². The Bertz CT molecular complexity index is 575. The molecule has 1 N–H and O–H groups in total. The van der Waals surface area contributed by atoms with Crippen molar-refractivity contribution in [1.29, 1.82) is 0 Å². The van der Waals surface area contributed by atoms with Gasteiger partial charge in [-0.05, 0) is 18.5 Å². The molecule has 0 saturated heterocycles. The van der Waals surface area contributed by atoms with Gasteiger partial charge in [0.2, 0.25) is 0 Å². The maximum atomic E-state index is 11.8. The van der Waals surface area contributed by atoms with Crippen LogP contribution in [0.15, 0.2) is 5.38 Å². The van der Waals surface area contributed by atoms with E-state index in [0.717, 1.165) is 11.5 Å². The van der Waals surface area contributed by atoms with Crippen LogP contribution in [0.5, 0.6) is 0 Å². The quantitative estimate of drug-likeness (QED) is 0.857. The minimum absolute atomic E-state index is 0.127. The standard InChI is InChI=1S/C9H8N4O2S2/c1-4-7(17-13-12-4)8(15)11-9-10-6(3-16-9)5(2)14/h3H,1-2H3,(H,10,11,15). The molecule has 2 aromatic heterocycles. The van der Waals surface area contributed by atoms with Crippen LogP contribution in [0.4, 0.5) is 5.13 Å². The second-order valence-electron chi connectivity index (χ2n) is 3.24. The van der Waals surface area contributed by atoms with Gasteiger partial charge in [-0.1, -0.05) is 4.49 Å². The molecule has 0 atom stereocenters. The largest absolute Gasteiger partial charge is 0.297 e. The molecule has 1 amide bonds. The highest BCUT2D eigenvalue weighted by Gasteiger charge is 2.15. The van der Waals surface area contributed by atoms with E-state index in [4.69, 9.17) is 0 Å². The first kappa shape index (κ1) is 11.8. The van der Waals surface area contributed by atoms with Crippen LogP contribution in [0.3, 0.4) is 0 Å². The second kappa shape index (κ2) is 4.68. The fourth-order valence-electron chi connectivity index (χ4n) is 1.09. The summed E-state index contributed by atoms with van der Waals surface area (Å²) in [5.41, 5.74) is 0.931. The number of thiazole rings is 1. The number of amides is 1. The molecule has 2 aromatic rings. The first-order valence-electron chi connectivity index (χ1n) is 4.64. The van der Waals surface area contributed by atoms with Gasteiger partial charge in [0.05, 0.1) is 5.69 Å². The van der Waals surface area contributed by atoms with Crippen molar-refractivity contribution < 1.29 is 9.59 Å². The van der Waals surface area contributed by atoms with Crippen LogP contribution in [0.2, 0.25) is 0 Å². The first-order valence-corrected chi connectivity index (χ1v) is 6.30. The van der Waals surface area contributed by atoms with E-state index in [1.807, 2.05) is 0 Å². The predicted octanol–water partition coefficient (Wildman–Crippen LogP) is 1.76. The molecule has 0 unspecified atom stereocenters. The lowest BCUT2D eigenvalue weighted by molar-refractivity contribution is 0.100. The average molecular weight is 268 g/mol. The summed E-state index contributed by atoms with van der Waals surface area (Å²) in [4.78, 5) is 27.3. The van der Waals surface area contributed by atoms with Crippen LogP contribution in [-0.2, 0) is 0 Å². The minimum Gasteiger partial charge on any atom is -0.297 e. The van der Waals surface area contributed by atoms with Gasteiger partial charge < -0.3 is 0 Å². The Hall–Kier alpha value is -1.67. The van der Waals surface area contributed by atoms with Crippen LogP contribution in [0.25, 0.3) is 0 Å². The molecule has 0 fully saturated rings. The Morgan fingerprint density at radius 3 is 2.71 bits per heavy atom. The summed E-state index contributed by atoms with van der Waals surface area (Å²) >= 11 is 2.24. The van der Waals surface area contributed by atoms with Crippen molar-refractivity contribution in [2.45, 2.75) is 13.8 Å². The van der Waals surface area contributed by atoms with Gasteiger partial charge in [0.15, 0.2) is 10.9 Å². The van der Waals surface area contributed by atoms with Crippen molar-refractivity contribution in [2.75, 3.05) is 5.32 Å². The van der Waals surface area contributed by atoms with E-state index >= 15 is 0 Å². The van der Waals surface area contributed by atoms with Crippen molar-refractivity contribution in [2.24, 2.45) is 0 Å². The number of nitrogens with one attached hydrogen (secondary N) is 1. The summed E-state index contributed by atoms with van der Waals surface area (Å²) in [6.07, 6.45) is 0. The number of carbonyl (C=O) groups excluding carboxylic acids is 2. The third-order valence-corrected chi connectivity index (χ3v) is 3.53. The Morgan fingerprint density at radius 2 is 2.18 bits per heavy atom. The number of aryl methyl sites for hydroxylation is 1. The minimum atomic E-state index is -0.304. The van der Waals surface area contributed by atoms with E-state index in [0.29, 0.717) is 21.4 Å². The number of aromatic nitrogens is 3. The van der Waals surface area contributed by atoms with Gasteiger partial charge in [-0.15, -0.1) is 16.4 Å². The van der Waals surface area contributed by atoms with Crippen molar-refractivity contribution in [3.63, 3.8) is 0 Å². The van der Waals surface area contributed by atoms with Gasteiger partial charge in [-0.3, -0.25) is 14.9 Å². The van der Waals surface area contributed by atoms with Crippen LogP contribution < -0.4 is 5.32 Å². The van der Waals surface area contributed by atoms with Gasteiger partial charge >= 0.3 is 0 Å². The first-order chi connectivity index (χ1) is 8.08. The van der Waals surface area contributed by atoms with Crippen molar-refractivity contribution in [3.05, 3.63) is 21.6 Å². The summed E-state index contributed by atoms with van der Waals surface area (Å²) < 4.78 is 3.68. The number of carbonyl (C=O) groups is 2. The van der Waals surface area contributed by atoms with Crippen LogP contribution in [0.1, 0.15) is 32.8 Å². The molecule has 0 spiro atoms. The fraction of sp³-hybridized carbons (Fsp3) is 0.222. The zero-order valence-electron chi connectivity index (χ0n) is 9.05. The zero-order valence-corrected chi connectivity index (χ0v) is 10.7. The van der Waals surface area contributed by atoms with E-state index in [1.165, 1.54) is 18.3 Å². The number of anilines is 1. The molecule has 0 aliphatic rings. The lowest BCUT2D eigenvalue weighted by atomic mass is 10.3. The molecular weight excluding hydrogens is 260 g/mol. The lowest BCUT2D eigenvalue weighted by Gasteiger charge is -1.97. The molecule has 2 heterocycles. The van der Waals surface area contributed by atoms with Gasteiger partial charge in [0, 0.05) is 12.3 Å². The molecule has 88 valence electrons. The van der Waals surface area contributed by atoms with Crippen LogP contribution >= 0.6 is 22.9 Å². The summed E-state index contributed by atoms with van der Waals surface area (Å²) in [7, 11) is 0. The molecule has 6 nitrogen and oxygen atoms in total. The number of rotatable bonds is 3. The topological polar surface area (TPSA) is 84.8 Å². The van der Waals surface area contributed by atoms with E-state index in [2.05, 4.69) is 19.9 Å². The Balaban J connectivity index is 2.13. The van der Waals surface area contributed by atoms with Gasteiger partial charge in [-0.25, -0.2) is 4.98 Å². The second-order valence-corrected chi connectivity index (χ2v) is 4.85. The van der Waals surface area contributed by atoms with Crippen LogP contribution in [-0.4, -0.2) is 26.3 Å². The summed E-state index contributed by atoms with van der Waals surface area (Å²) in [5.74, 6) is -0.431. The third kappa shape index (κ3) is 2.53. The molecule has 2 rings (SSSR count). The number of ketones is 1. The van der Waals surface area contributed by atoms with Crippen molar-refractivity contribution in [3.8, 4) is 0 Å². The lowest BCUT2D eigenvalue weighted by Crippen LogP contribution is -2.11. The van der Waals surface area contributed by atoms with Gasteiger partial charge in [-0.2, -0.15) is 0 Å². The highest BCUT2D eigenvalue weighted by Crippen LogP contribution is 2.18. The maximum Gasteiger partial charge on any atom is 0.271 e. The molecular formula is C9H8N4O2S2. The normalized spacial score (nSPS) is 10.2. The molecule has 8 heteroatoms. The highest BCUT2D eigenvalue weighted by molar-refractivity contribution is 7.14. The Morgan fingerprint density at radius 1 is 1.41 bits per heavy atom. The summed E-state index contributed by atoms with van der Waals surface area (Å²) in [6, 6.07) is 0. The van der Waals surface area contributed by atoms with Crippen molar-refractivity contribution >= 4 is 39.7 Å². The molecule has 0 saturated carbocycles. The molecule has 17 heavy (non-hydrogen) atoms. The van der Waals surface area contributed by atoms with Gasteiger partial charge in [0.1, 0.15) is 10.6 Å². The van der Waals surface area contributed by atoms with E-state index in [1.54, 1.807) is 12.3 Å². The smallest absolute Gasteiger partial charge is 0.271 e. The Kier molecular flexibility index (Phi) is 3.25. The molecule has 0 aliphatic carbocycles. The maximum absolute atomic E-state index is 11.8. The number of Topliss-reactive ketones (excluding diaryl/α,β-unsaturated/α-hetero) is 1. The van der Waals surface area contributed by atoms with E-state index in [9.17, 15) is 9.59 Å². The van der Waals surface area contributed by atoms with Crippen LogP contribution in [0, 0.1) is 6.92 Å².